The monoisotopic (exact) mass is 1110 g/mol. The third kappa shape index (κ3) is 63.8. The summed E-state index contributed by atoms with van der Waals surface area (Å²) in [5.41, 5.74) is 0. The summed E-state index contributed by atoms with van der Waals surface area (Å²) in [6.07, 6.45) is 72.1. The van der Waals surface area contributed by atoms with Crippen molar-refractivity contribution in [2.24, 2.45) is 0 Å². The van der Waals surface area contributed by atoms with Crippen LogP contribution in [0.1, 0.15) is 354 Å². The molecule has 77 heavy (non-hydrogen) atoms. The van der Waals surface area contributed by atoms with E-state index in [2.05, 4.69) is 26.0 Å². The van der Waals surface area contributed by atoms with Crippen molar-refractivity contribution in [1.82, 2.24) is 0 Å². The normalized spacial score (nSPS) is 13.2. The smallest absolute Gasteiger partial charge is 0.462 e. The number of rotatable bonds is 64. The number of carbonyl (C=O) groups excluding carboxylic acids is 2. The van der Waals surface area contributed by atoms with Gasteiger partial charge < -0.3 is 18.9 Å². The van der Waals surface area contributed by atoms with Crippen LogP contribution in [-0.4, -0.2) is 74.9 Å². The van der Waals surface area contributed by atoms with E-state index in [-0.39, 0.29) is 25.6 Å². The van der Waals surface area contributed by atoms with Crippen LogP contribution in [0.4, 0.5) is 0 Å². The van der Waals surface area contributed by atoms with Crippen molar-refractivity contribution in [3.8, 4) is 0 Å². The zero-order chi connectivity index (χ0) is 56.3. The molecule has 0 aliphatic rings. The number of quaternary nitrogens is 1. The standard InChI is InChI=1S/C67H132NO8P/c1-6-8-10-12-14-16-18-20-21-22-23-24-25-26-27-28-29-30-31-32-33-34-35-36-37-38-39-40-41-42-43-44-45-46-48-49-51-53-55-57-59-66(69)73-63-65(64-75-77(71,72)74-62-61-68(3,4)5)76-67(70)60-58-56-54-52-50-47-19-17-15-13-11-9-7-2/h17,19,65H,6-16,18,20-64H2,1-5H3/p+1/b19-17-. The van der Waals surface area contributed by atoms with Crippen molar-refractivity contribution < 1.29 is 42.1 Å². The second kappa shape index (κ2) is 59.4. The van der Waals surface area contributed by atoms with Gasteiger partial charge >= 0.3 is 19.8 Å². The molecule has 0 fully saturated rings. The van der Waals surface area contributed by atoms with Crippen LogP contribution in [0.15, 0.2) is 12.2 Å². The molecule has 0 heterocycles. The van der Waals surface area contributed by atoms with Gasteiger partial charge in [0.2, 0.25) is 0 Å². The van der Waals surface area contributed by atoms with E-state index in [0.717, 1.165) is 51.4 Å². The van der Waals surface area contributed by atoms with Gasteiger partial charge in [0.1, 0.15) is 19.8 Å². The zero-order valence-electron chi connectivity index (χ0n) is 52.2. The summed E-state index contributed by atoms with van der Waals surface area (Å²) < 4.78 is 34.5. The largest absolute Gasteiger partial charge is 0.472 e. The molecule has 0 saturated heterocycles. The van der Waals surface area contributed by atoms with Crippen LogP contribution >= 0.6 is 7.82 Å². The summed E-state index contributed by atoms with van der Waals surface area (Å²) in [5, 5.41) is 0. The summed E-state index contributed by atoms with van der Waals surface area (Å²) in [6, 6.07) is 0. The lowest BCUT2D eigenvalue weighted by molar-refractivity contribution is -0.870. The van der Waals surface area contributed by atoms with Crippen molar-refractivity contribution in [2.75, 3.05) is 47.5 Å². The predicted molar refractivity (Wildman–Crippen MR) is 331 cm³/mol. The molecule has 0 bridgehead atoms. The molecule has 0 saturated carbocycles. The molecule has 0 aliphatic carbocycles. The molecule has 0 radical (unpaired) electrons. The van der Waals surface area contributed by atoms with Crippen molar-refractivity contribution in [3.05, 3.63) is 12.2 Å². The van der Waals surface area contributed by atoms with Crippen LogP contribution in [0.25, 0.3) is 0 Å². The second-order valence-electron chi connectivity index (χ2n) is 24.6. The Morgan fingerprint density at radius 2 is 0.662 bits per heavy atom. The highest BCUT2D eigenvalue weighted by Gasteiger charge is 2.27. The van der Waals surface area contributed by atoms with E-state index in [0.29, 0.717) is 23.9 Å². The summed E-state index contributed by atoms with van der Waals surface area (Å²) in [4.78, 5) is 35.6. The zero-order valence-corrected chi connectivity index (χ0v) is 53.1. The third-order valence-electron chi connectivity index (χ3n) is 15.5. The lowest BCUT2D eigenvalue weighted by Crippen LogP contribution is -2.37. The highest BCUT2D eigenvalue weighted by molar-refractivity contribution is 7.47. The number of allylic oxidation sites excluding steroid dienone is 2. The lowest BCUT2D eigenvalue weighted by Gasteiger charge is -2.24. The minimum atomic E-state index is -4.38. The van der Waals surface area contributed by atoms with E-state index in [4.69, 9.17) is 18.5 Å². The number of phosphoric acid groups is 1. The topological polar surface area (TPSA) is 108 Å². The number of hydrogen-bond donors (Lipinski definition) is 1. The number of likely N-dealkylation sites (N-methyl/N-ethyl adjacent to an activating group) is 1. The summed E-state index contributed by atoms with van der Waals surface area (Å²) in [5.74, 6) is -0.790. The summed E-state index contributed by atoms with van der Waals surface area (Å²) >= 11 is 0. The van der Waals surface area contributed by atoms with Crippen molar-refractivity contribution in [1.29, 1.82) is 0 Å². The van der Waals surface area contributed by atoms with Crippen LogP contribution in [0.3, 0.4) is 0 Å². The van der Waals surface area contributed by atoms with Gasteiger partial charge in [-0.05, 0) is 38.5 Å². The molecule has 0 aromatic rings. The van der Waals surface area contributed by atoms with E-state index >= 15 is 0 Å². The molecule has 2 atom stereocenters. The molecule has 0 spiro atoms. The first-order valence-corrected chi connectivity index (χ1v) is 35.4. The fourth-order valence-electron chi connectivity index (χ4n) is 10.3. The molecular formula is C67H133NO8P+. The Kier molecular flexibility index (Phi) is 58.4. The number of unbranched alkanes of at least 4 members (excludes halogenated alkanes) is 48. The molecule has 2 unspecified atom stereocenters. The molecular weight excluding hydrogens is 978 g/mol. The molecule has 1 N–H and O–H groups in total. The fourth-order valence-corrected chi connectivity index (χ4v) is 11.1. The van der Waals surface area contributed by atoms with Gasteiger partial charge in [-0.15, -0.1) is 0 Å². The summed E-state index contributed by atoms with van der Waals surface area (Å²) in [6.45, 7) is 4.46. The maximum atomic E-state index is 12.8. The average Bonchev–Trinajstić information content (AvgIpc) is 3.39. The summed E-state index contributed by atoms with van der Waals surface area (Å²) in [7, 11) is 1.49. The van der Waals surface area contributed by atoms with Gasteiger partial charge in [-0.2, -0.15) is 0 Å². The average molecular weight is 1110 g/mol. The minimum absolute atomic E-state index is 0.0336. The van der Waals surface area contributed by atoms with Gasteiger partial charge in [0.05, 0.1) is 27.7 Å². The SMILES string of the molecule is CCCCCC/C=C\CCCCCCCC(=O)OC(COC(=O)CCCCCCCCCCCCCCCCCCCCCCCCCCCCCCCCCCCCCCCCCC)COP(=O)(O)OCC[N+](C)(C)C. The first kappa shape index (κ1) is 75.8. The Morgan fingerprint density at radius 3 is 0.974 bits per heavy atom. The van der Waals surface area contributed by atoms with Crippen LogP contribution in [0.2, 0.25) is 0 Å². The van der Waals surface area contributed by atoms with E-state index in [9.17, 15) is 19.0 Å². The van der Waals surface area contributed by atoms with E-state index in [1.807, 2.05) is 21.1 Å². The van der Waals surface area contributed by atoms with E-state index in [1.165, 1.54) is 270 Å². The van der Waals surface area contributed by atoms with Crippen molar-refractivity contribution >= 4 is 19.8 Å². The van der Waals surface area contributed by atoms with Gasteiger partial charge in [-0.25, -0.2) is 4.57 Å². The Balaban J connectivity index is 3.78. The van der Waals surface area contributed by atoms with Gasteiger partial charge in [0.15, 0.2) is 6.10 Å². The first-order valence-electron chi connectivity index (χ1n) is 33.9. The van der Waals surface area contributed by atoms with Crippen molar-refractivity contribution in [3.63, 3.8) is 0 Å². The quantitative estimate of drug-likeness (QED) is 0.0211. The van der Waals surface area contributed by atoms with Crippen LogP contribution in [0, 0.1) is 0 Å². The molecule has 10 heteroatoms. The number of phosphoric ester groups is 1. The van der Waals surface area contributed by atoms with Gasteiger partial charge in [0.25, 0.3) is 0 Å². The Labute approximate surface area is 479 Å². The van der Waals surface area contributed by atoms with Gasteiger partial charge in [0, 0.05) is 12.8 Å². The number of ether oxygens (including phenoxy) is 2. The number of carbonyl (C=O) groups is 2. The minimum Gasteiger partial charge on any atom is -0.462 e. The van der Waals surface area contributed by atoms with E-state index < -0.39 is 26.5 Å². The highest BCUT2D eigenvalue weighted by Crippen LogP contribution is 2.43. The Hall–Kier alpha value is -1.25. The fraction of sp³-hybridized carbons (Fsp3) is 0.940. The molecule has 458 valence electrons. The van der Waals surface area contributed by atoms with Crippen LogP contribution < -0.4 is 0 Å². The molecule has 0 amide bonds. The lowest BCUT2D eigenvalue weighted by atomic mass is 10.0. The Morgan fingerprint density at radius 1 is 0.390 bits per heavy atom. The molecule has 9 nitrogen and oxygen atoms in total. The van der Waals surface area contributed by atoms with Gasteiger partial charge in [-0.3, -0.25) is 18.6 Å². The maximum Gasteiger partial charge on any atom is 0.472 e. The molecule has 0 rings (SSSR count). The highest BCUT2D eigenvalue weighted by atomic mass is 31.2. The first-order chi connectivity index (χ1) is 37.5. The van der Waals surface area contributed by atoms with E-state index in [1.54, 1.807) is 0 Å². The van der Waals surface area contributed by atoms with Crippen LogP contribution in [-0.2, 0) is 32.7 Å². The second-order valence-corrected chi connectivity index (χ2v) is 26.0. The Bertz CT molecular complexity index is 1300. The number of esters is 2. The van der Waals surface area contributed by atoms with Crippen molar-refractivity contribution in [2.45, 2.75) is 360 Å². The van der Waals surface area contributed by atoms with Crippen LogP contribution in [0.5, 0.6) is 0 Å². The molecule has 0 aromatic heterocycles. The number of hydrogen-bond acceptors (Lipinski definition) is 7. The molecule has 0 aromatic carbocycles. The molecule has 0 aliphatic heterocycles. The predicted octanol–water partition coefficient (Wildman–Crippen LogP) is 21.6. The maximum absolute atomic E-state index is 12.8. The third-order valence-corrected chi connectivity index (χ3v) is 16.5. The van der Waals surface area contributed by atoms with Gasteiger partial charge in [-0.1, -0.05) is 315 Å². The number of nitrogens with zero attached hydrogens (tertiary/aromatic N) is 1.